The van der Waals surface area contributed by atoms with Crippen LogP contribution in [0, 0.1) is 0 Å². The van der Waals surface area contributed by atoms with Gasteiger partial charge in [0.25, 0.3) is 10.0 Å². The van der Waals surface area contributed by atoms with Crippen LogP contribution in [0.3, 0.4) is 0 Å². The van der Waals surface area contributed by atoms with E-state index in [2.05, 4.69) is 14.6 Å². The van der Waals surface area contributed by atoms with Crippen LogP contribution in [0.4, 0.5) is 11.5 Å². The Bertz CT molecular complexity index is 768. The van der Waals surface area contributed by atoms with Gasteiger partial charge in [-0.1, -0.05) is 0 Å². The molecule has 0 bridgehead atoms. The molecule has 1 fully saturated rings. The summed E-state index contributed by atoms with van der Waals surface area (Å²) in [5, 5.41) is 0. The maximum atomic E-state index is 12.4. The van der Waals surface area contributed by atoms with Crippen LogP contribution in [0.5, 0.6) is 5.75 Å². The maximum Gasteiger partial charge on any atom is 0.261 e. The summed E-state index contributed by atoms with van der Waals surface area (Å²) in [5.41, 5.74) is 0.451. The molecule has 1 N–H and O–H groups in total. The molecule has 2 aromatic rings. The molecule has 6 nitrogen and oxygen atoms in total. The van der Waals surface area contributed by atoms with Gasteiger partial charge in [0.15, 0.2) is 0 Å². The minimum Gasteiger partial charge on any atom is -0.497 e. The number of benzene rings is 1. The van der Waals surface area contributed by atoms with Crippen LogP contribution in [0.1, 0.15) is 19.3 Å². The van der Waals surface area contributed by atoms with Gasteiger partial charge in [0, 0.05) is 13.1 Å². The van der Waals surface area contributed by atoms with E-state index in [0.717, 1.165) is 18.9 Å². The number of sulfonamides is 1. The number of aromatic nitrogens is 1. The number of piperidine rings is 1. The third kappa shape index (κ3) is 3.79. The van der Waals surface area contributed by atoms with Crippen molar-refractivity contribution in [3.63, 3.8) is 0 Å². The molecule has 7 heteroatoms. The van der Waals surface area contributed by atoms with Crippen molar-refractivity contribution in [2.45, 2.75) is 24.2 Å². The van der Waals surface area contributed by atoms with Crippen LogP contribution in [-0.4, -0.2) is 33.6 Å². The number of nitrogens with zero attached hydrogens (tertiary/aromatic N) is 2. The Labute approximate surface area is 142 Å². The lowest BCUT2D eigenvalue weighted by Gasteiger charge is -2.27. The zero-order valence-electron chi connectivity index (χ0n) is 13.6. The molecule has 0 spiro atoms. The second-order valence-electron chi connectivity index (χ2n) is 5.73. The van der Waals surface area contributed by atoms with Gasteiger partial charge in [-0.3, -0.25) is 4.72 Å². The topological polar surface area (TPSA) is 71.5 Å². The monoisotopic (exact) mass is 347 g/mol. The zero-order valence-corrected chi connectivity index (χ0v) is 14.4. The molecule has 1 aliphatic heterocycles. The summed E-state index contributed by atoms with van der Waals surface area (Å²) in [5.74, 6) is 1.50. The number of anilines is 2. The minimum absolute atomic E-state index is 0.184. The fraction of sp³-hybridized carbons (Fsp3) is 0.353. The molecule has 1 aliphatic rings. The summed E-state index contributed by atoms with van der Waals surface area (Å²) in [7, 11) is -2.10. The van der Waals surface area contributed by atoms with Crippen molar-refractivity contribution in [1.29, 1.82) is 0 Å². The van der Waals surface area contributed by atoms with Gasteiger partial charge >= 0.3 is 0 Å². The van der Waals surface area contributed by atoms with Gasteiger partial charge in [0.1, 0.15) is 11.6 Å². The minimum atomic E-state index is -3.64. The van der Waals surface area contributed by atoms with E-state index in [-0.39, 0.29) is 4.90 Å². The number of pyridine rings is 1. The second kappa shape index (κ2) is 7.09. The van der Waals surface area contributed by atoms with Gasteiger partial charge in [-0.15, -0.1) is 0 Å². The molecule has 0 aliphatic carbocycles. The molecule has 0 atom stereocenters. The van der Waals surface area contributed by atoms with E-state index in [0.29, 0.717) is 11.4 Å². The van der Waals surface area contributed by atoms with Crippen molar-refractivity contribution in [3.8, 4) is 5.75 Å². The highest BCUT2D eigenvalue weighted by atomic mass is 32.2. The number of hydrogen-bond donors (Lipinski definition) is 1. The highest BCUT2D eigenvalue weighted by Crippen LogP contribution is 2.21. The van der Waals surface area contributed by atoms with Crippen LogP contribution in [-0.2, 0) is 10.0 Å². The lowest BCUT2D eigenvalue weighted by molar-refractivity contribution is 0.414. The Morgan fingerprint density at radius 3 is 2.33 bits per heavy atom. The molecule has 0 unspecified atom stereocenters. The lowest BCUT2D eigenvalue weighted by atomic mass is 10.1. The van der Waals surface area contributed by atoms with E-state index in [1.165, 1.54) is 38.5 Å². The van der Waals surface area contributed by atoms with Gasteiger partial charge in [-0.05, 0) is 55.7 Å². The summed E-state index contributed by atoms with van der Waals surface area (Å²) >= 11 is 0. The molecule has 3 rings (SSSR count). The lowest BCUT2D eigenvalue weighted by Crippen LogP contribution is -2.30. The molecule has 0 amide bonds. The number of nitrogens with one attached hydrogen (secondary N) is 1. The number of ether oxygens (including phenoxy) is 1. The summed E-state index contributed by atoms with van der Waals surface area (Å²) in [4.78, 5) is 6.80. The molecule has 0 radical (unpaired) electrons. The van der Waals surface area contributed by atoms with E-state index in [1.54, 1.807) is 24.4 Å². The number of hydrogen-bond acceptors (Lipinski definition) is 5. The average molecular weight is 347 g/mol. The SMILES string of the molecule is COc1ccc(S(=O)(=O)Nc2ccc(N3CCCCC3)nc2)cc1. The maximum absolute atomic E-state index is 12.4. The first kappa shape index (κ1) is 16.6. The predicted octanol–water partition coefficient (Wildman–Crippen LogP) is 2.88. The van der Waals surface area contributed by atoms with Gasteiger partial charge in [-0.25, -0.2) is 13.4 Å². The fourth-order valence-corrected chi connectivity index (χ4v) is 3.77. The highest BCUT2D eigenvalue weighted by molar-refractivity contribution is 7.92. The molecule has 1 aromatic heterocycles. The van der Waals surface area contributed by atoms with E-state index in [9.17, 15) is 8.42 Å². The molecule has 1 aromatic carbocycles. The van der Waals surface area contributed by atoms with Crippen LogP contribution in [0.2, 0.25) is 0 Å². The summed E-state index contributed by atoms with van der Waals surface area (Å²) < 4.78 is 32.4. The summed E-state index contributed by atoms with van der Waals surface area (Å²) in [6.07, 6.45) is 5.17. The average Bonchev–Trinajstić information content (AvgIpc) is 2.63. The van der Waals surface area contributed by atoms with Crippen LogP contribution in [0.15, 0.2) is 47.5 Å². The summed E-state index contributed by atoms with van der Waals surface area (Å²) in [6.45, 7) is 2.01. The largest absolute Gasteiger partial charge is 0.497 e. The van der Waals surface area contributed by atoms with Crippen molar-refractivity contribution in [3.05, 3.63) is 42.6 Å². The van der Waals surface area contributed by atoms with Crippen LogP contribution in [0.25, 0.3) is 0 Å². The van der Waals surface area contributed by atoms with E-state index >= 15 is 0 Å². The standard InChI is InChI=1S/C17H21N3O3S/c1-23-15-6-8-16(9-7-15)24(21,22)19-14-5-10-17(18-13-14)20-11-3-2-4-12-20/h5-10,13,19H,2-4,11-12H2,1H3. The first-order valence-electron chi connectivity index (χ1n) is 7.96. The van der Waals surface area contributed by atoms with Crippen molar-refractivity contribution < 1.29 is 13.2 Å². The van der Waals surface area contributed by atoms with Gasteiger partial charge in [-0.2, -0.15) is 0 Å². The van der Waals surface area contributed by atoms with Crippen molar-refractivity contribution >= 4 is 21.5 Å². The molecule has 128 valence electrons. The fourth-order valence-electron chi connectivity index (χ4n) is 2.73. The van der Waals surface area contributed by atoms with Crippen molar-refractivity contribution in [2.24, 2.45) is 0 Å². The Kier molecular flexibility index (Phi) is 4.89. The normalized spacial score (nSPS) is 15.1. The number of rotatable bonds is 5. The molecular formula is C17H21N3O3S. The summed E-state index contributed by atoms with van der Waals surface area (Å²) in [6, 6.07) is 9.86. The van der Waals surface area contributed by atoms with Gasteiger partial charge in [0.2, 0.25) is 0 Å². The Balaban J connectivity index is 1.72. The molecule has 2 heterocycles. The first-order chi connectivity index (χ1) is 11.6. The van der Waals surface area contributed by atoms with Crippen LogP contribution < -0.4 is 14.4 Å². The Morgan fingerprint density at radius 2 is 1.75 bits per heavy atom. The van der Waals surface area contributed by atoms with E-state index < -0.39 is 10.0 Å². The van der Waals surface area contributed by atoms with Crippen molar-refractivity contribution in [2.75, 3.05) is 29.8 Å². The van der Waals surface area contributed by atoms with Crippen molar-refractivity contribution in [1.82, 2.24) is 4.98 Å². The quantitative estimate of drug-likeness (QED) is 0.900. The molecule has 1 saturated heterocycles. The Morgan fingerprint density at radius 1 is 1.04 bits per heavy atom. The predicted molar refractivity (Wildman–Crippen MR) is 94.1 cm³/mol. The zero-order chi connectivity index (χ0) is 17.0. The van der Waals surface area contributed by atoms with E-state index in [1.807, 2.05) is 6.07 Å². The molecular weight excluding hydrogens is 326 g/mol. The second-order valence-corrected chi connectivity index (χ2v) is 7.42. The number of methoxy groups -OCH3 is 1. The first-order valence-corrected chi connectivity index (χ1v) is 9.45. The van der Waals surface area contributed by atoms with Gasteiger partial charge in [0.05, 0.1) is 23.9 Å². The smallest absolute Gasteiger partial charge is 0.261 e. The molecule has 0 saturated carbocycles. The highest BCUT2D eigenvalue weighted by Gasteiger charge is 2.16. The molecule has 24 heavy (non-hydrogen) atoms. The Hall–Kier alpha value is -2.28. The third-order valence-corrected chi connectivity index (χ3v) is 5.45. The van der Waals surface area contributed by atoms with Crippen LogP contribution >= 0.6 is 0 Å². The third-order valence-electron chi connectivity index (χ3n) is 4.05. The van der Waals surface area contributed by atoms with Gasteiger partial charge < -0.3 is 9.64 Å². The van der Waals surface area contributed by atoms with E-state index in [4.69, 9.17) is 4.74 Å².